The number of aryl methyl sites for hydroxylation is 1. The van der Waals surface area contributed by atoms with Gasteiger partial charge in [-0.2, -0.15) is 4.57 Å². The molecule has 1 atom stereocenters. The second-order valence-electron chi connectivity index (χ2n) is 18.9. The Morgan fingerprint density at radius 3 is 2.03 bits per heavy atom. The van der Waals surface area contributed by atoms with Gasteiger partial charge in [0.15, 0.2) is 17.2 Å². The highest BCUT2D eigenvalue weighted by molar-refractivity contribution is 5.99. The lowest BCUT2D eigenvalue weighted by molar-refractivity contribution is -0.997. The average Bonchev–Trinajstić information content (AvgIpc) is 3.84. The van der Waals surface area contributed by atoms with Gasteiger partial charge in [0.2, 0.25) is 5.69 Å². The van der Waals surface area contributed by atoms with Gasteiger partial charge in [-0.05, 0) is 111 Å². The van der Waals surface area contributed by atoms with E-state index in [2.05, 4.69) is 143 Å². The molecule has 0 bridgehead atoms. The van der Waals surface area contributed by atoms with Crippen LogP contribution in [0.3, 0.4) is 0 Å². The fourth-order valence-electron chi connectivity index (χ4n) is 9.92. The zero-order chi connectivity index (χ0) is 49.2. The standard InChI is InChI=1S/C58H49N3O/c1-36-31-51(46(35-45(36)38-19-12-9-13-20-38)39-25-27-41(28-26-39)56(2,3)4)60-49-23-16-22-43-47-33-42(57(5,6)7)34-48-50-32-40(37-17-10-8-11-18-37)29-30-59(50)58(53(47)48)61(54(43)49)55(60)44-21-14-15-24-52(44)62-58/h8-35H,1-7H3/q+2/i8D,10D,11D,17D,18D,29D,30D,32D. The number of hydrogen-bond acceptors (Lipinski definition) is 1. The maximum atomic E-state index is 10.2. The third-order valence-electron chi connectivity index (χ3n) is 13.0. The van der Waals surface area contributed by atoms with Crippen molar-refractivity contribution in [2.75, 3.05) is 0 Å². The molecule has 1 spiro atoms. The van der Waals surface area contributed by atoms with Crippen molar-refractivity contribution in [3.8, 4) is 78.6 Å². The highest BCUT2D eigenvalue weighted by Crippen LogP contribution is 2.54. The van der Waals surface area contributed by atoms with Gasteiger partial charge >= 0.3 is 11.7 Å². The lowest BCUT2D eigenvalue weighted by Crippen LogP contribution is -2.78. The molecular weight excluding hydrogens is 755 g/mol. The molecule has 9 aromatic rings. The second kappa shape index (κ2) is 12.7. The SMILES string of the molecule is [2H]c1c([2H])c([2H])c(-c2c([2H])c([2H])[n+]3c(c2[2H])-c2cc(C(C)(C)C)cc4c2C32Oc3ccccc3-c3n(-c5cc(C)c(-c6ccccc6)cc5-c5ccc(C(C)(C)C)cc5)c5cccc-4c5[n+]32)c([2H])c1[2H]. The van der Waals surface area contributed by atoms with Crippen LogP contribution in [0.4, 0.5) is 0 Å². The number of fused-ring (bicyclic) bond motifs is 5. The Kier molecular flexibility index (Phi) is 6.02. The Hall–Kier alpha value is -7.04. The summed E-state index contributed by atoms with van der Waals surface area (Å²) in [4.78, 5) is 0. The molecule has 7 aromatic carbocycles. The molecule has 12 rings (SSSR count). The number of pyridine rings is 1. The molecule has 3 aliphatic rings. The number of aromatic nitrogens is 3. The first-order chi connectivity index (χ1) is 33.2. The molecule has 62 heavy (non-hydrogen) atoms. The van der Waals surface area contributed by atoms with Crippen molar-refractivity contribution in [3.63, 3.8) is 0 Å². The summed E-state index contributed by atoms with van der Waals surface area (Å²) in [5.41, 5.74) is 13.3. The molecule has 4 heteroatoms. The van der Waals surface area contributed by atoms with E-state index in [0.29, 0.717) is 16.9 Å². The predicted octanol–water partition coefficient (Wildman–Crippen LogP) is 13.3. The van der Waals surface area contributed by atoms with Crippen LogP contribution in [0.1, 0.15) is 74.8 Å². The van der Waals surface area contributed by atoms with Crippen molar-refractivity contribution < 1.29 is 24.8 Å². The van der Waals surface area contributed by atoms with E-state index in [4.69, 9.17) is 11.6 Å². The Morgan fingerprint density at radius 1 is 0.581 bits per heavy atom. The van der Waals surface area contributed by atoms with Gasteiger partial charge in [-0.1, -0.05) is 145 Å². The molecule has 5 heterocycles. The lowest BCUT2D eigenvalue weighted by Gasteiger charge is -2.33. The maximum absolute atomic E-state index is 10.2. The number of hydrogen-bond donors (Lipinski definition) is 0. The van der Waals surface area contributed by atoms with Crippen LogP contribution < -0.4 is 13.9 Å². The van der Waals surface area contributed by atoms with Gasteiger partial charge in [0.05, 0.1) is 15.2 Å². The van der Waals surface area contributed by atoms with Crippen molar-refractivity contribution in [3.05, 3.63) is 192 Å². The Bertz CT molecular complexity index is 3780. The van der Waals surface area contributed by atoms with Crippen LogP contribution in [-0.4, -0.2) is 4.57 Å². The molecule has 0 radical (unpaired) electrons. The molecule has 3 aliphatic heterocycles. The Balaban J connectivity index is 1.27. The first-order valence-corrected chi connectivity index (χ1v) is 21.3. The molecule has 2 aromatic heterocycles. The summed E-state index contributed by atoms with van der Waals surface area (Å²) in [5, 5.41) is 0. The van der Waals surface area contributed by atoms with E-state index in [1.165, 1.54) is 5.56 Å². The van der Waals surface area contributed by atoms with Gasteiger partial charge in [0.1, 0.15) is 23.9 Å². The number of benzene rings is 7. The Morgan fingerprint density at radius 2 is 1.27 bits per heavy atom. The summed E-state index contributed by atoms with van der Waals surface area (Å²) in [5.74, 6) is -0.396. The monoisotopic (exact) mass is 811 g/mol. The van der Waals surface area contributed by atoms with E-state index in [9.17, 15) is 4.11 Å². The van der Waals surface area contributed by atoms with E-state index >= 15 is 0 Å². The van der Waals surface area contributed by atoms with Crippen LogP contribution >= 0.6 is 0 Å². The van der Waals surface area contributed by atoms with Gasteiger partial charge in [-0.25, -0.2) is 0 Å². The van der Waals surface area contributed by atoms with Crippen molar-refractivity contribution in [1.82, 2.24) is 4.57 Å². The van der Waals surface area contributed by atoms with Gasteiger partial charge in [-0.3, -0.25) is 0 Å². The van der Waals surface area contributed by atoms with Gasteiger partial charge in [-0.15, -0.1) is 9.13 Å². The largest absolute Gasteiger partial charge is 0.499 e. The van der Waals surface area contributed by atoms with E-state index < -0.39 is 47.5 Å². The van der Waals surface area contributed by atoms with E-state index in [-0.39, 0.29) is 34.5 Å². The predicted molar refractivity (Wildman–Crippen MR) is 252 cm³/mol. The van der Waals surface area contributed by atoms with Crippen molar-refractivity contribution in [2.24, 2.45) is 0 Å². The second-order valence-corrected chi connectivity index (χ2v) is 18.9. The minimum atomic E-state index is -1.70. The fourth-order valence-corrected chi connectivity index (χ4v) is 9.92. The molecule has 0 saturated heterocycles. The minimum Gasteiger partial charge on any atom is -0.392 e. The molecule has 0 amide bonds. The van der Waals surface area contributed by atoms with Crippen LogP contribution in [0.15, 0.2) is 170 Å². The van der Waals surface area contributed by atoms with Crippen LogP contribution in [0, 0.1) is 6.92 Å². The van der Waals surface area contributed by atoms with Gasteiger partial charge < -0.3 is 4.74 Å². The highest BCUT2D eigenvalue weighted by atomic mass is 16.5. The number of rotatable bonds is 4. The molecule has 0 saturated carbocycles. The number of ether oxygens (including phenoxy) is 1. The first-order valence-electron chi connectivity index (χ1n) is 25.3. The van der Waals surface area contributed by atoms with Crippen molar-refractivity contribution in [1.29, 1.82) is 0 Å². The number of nitrogens with zero attached hydrogens (tertiary/aromatic N) is 3. The summed E-state index contributed by atoms with van der Waals surface area (Å²) in [6.07, 6.45) is -0.340. The lowest BCUT2D eigenvalue weighted by atomic mass is 9.80. The zero-order valence-corrected chi connectivity index (χ0v) is 35.8. The normalized spacial score (nSPS) is 17.3. The molecule has 0 fully saturated rings. The summed E-state index contributed by atoms with van der Waals surface area (Å²) in [7, 11) is 0. The summed E-state index contributed by atoms with van der Waals surface area (Å²) in [6.45, 7) is 15.2. The summed E-state index contributed by atoms with van der Waals surface area (Å²) in [6, 6.07) is 38.8. The fraction of sp³-hybridized carbons (Fsp3) is 0.172. The smallest absolute Gasteiger partial charge is 0.392 e. The van der Waals surface area contributed by atoms with Crippen LogP contribution in [0.5, 0.6) is 5.75 Å². The minimum absolute atomic E-state index is 0.0557. The van der Waals surface area contributed by atoms with E-state index in [0.717, 1.165) is 72.6 Å². The van der Waals surface area contributed by atoms with Crippen LogP contribution in [0.2, 0.25) is 0 Å². The Labute approximate surface area is 375 Å². The van der Waals surface area contributed by atoms with Gasteiger partial charge in [0.25, 0.3) is 0 Å². The average molecular weight is 812 g/mol. The number of imidazole rings is 1. The molecular formula is C58H49N3O+2. The van der Waals surface area contributed by atoms with Gasteiger partial charge in [0, 0.05) is 28.8 Å². The van der Waals surface area contributed by atoms with Crippen LogP contribution in [-0.2, 0) is 16.7 Å². The molecule has 300 valence electrons. The highest BCUT2D eigenvalue weighted by Gasteiger charge is 2.68. The van der Waals surface area contributed by atoms with Crippen LogP contribution in [0.25, 0.3) is 83.9 Å². The van der Waals surface area contributed by atoms with Crippen molar-refractivity contribution >= 4 is 11.0 Å². The first kappa shape index (κ1) is 29.3. The third-order valence-corrected chi connectivity index (χ3v) is 13.0. The molecule has 0 N–H and O–H groups in total. The molecule has 1 unspecified atom stereocenters. The topological polar surface area (TPSA) is 21.9 Å². The summed E-state index contributed by atoms with van der Waals surface area (Å²) < 4.78 is 87.3. The van der Waals surface area contributed by atoms with E-state index in [1.54, 1.807) is 4.57 Å². The quantitative estimate of drug-likeness (QED) is 0.162. The molecule has 4 nitrogen and oxygen atoms in total. The molecule has 0 aliphatic carbocycles. The summed E-state index contributed by atoms with van der Waals surface area (Å²) >= 11 is 0. The van der Waals surface area contributed by atoms with Crippen molar-refractivity contribution in [2.45, 2.75) is 65.1 Å². The number of para-hydroxylation sites is 2. The third kappa shape index (κ3) is 5.07. The zero-order valence-electron chi connectivity index (χ0n) is 43.8. The van der Waals surface area contributed by atoms with E-state index in [1.807, 2.05) is 36.4 Å². The maximum Gasteiger partial charge on any atom is 0.499 e.